The lowest BCUT2D eigenvalue weighted by Gasteiger charge is -2.06. The first-order valence-corrected chi connectivity index (χ1v) is 7.41. The first kappa shape index (κ1) is 15.8. The highest BCUT2D eigenvalue weighted by molar-refractivity contribution is 7.98. The summed E-state index contributed by atoms with van der Waals surface area (Å²) in [5, 5.41) is 11.0. The highest BCUT2D eigenvalue weighted by Gasteiger charge is 2.23. The monoisotopic (exact) mass is 320 g/mol. The Morgan fingerprint density at radius 2 is 2.14 bits per heavy atom. The summed E-state index contributed by atoms with van der Waals surface area (Å²) in [5.41, 5.74) is -0.216. The summed E-state index contributed by atoms with van der Waals surface area (Å²) in [7, 11) is 0. The molecule has 0 aliphatic heterocycles. The number of carbonyl (C=O) groups is 2. The van der Waals surface area contributed by atoms with E-state index < -0.39 is 23.3 Å². The highest BCUT2D eigenvalue weighted by Crippen LogP contribution is 2.25. The third-order valence-corrected chi connectivity index (χ3v) is 3.58. The molecule has 1 N–H and O–H groups in total. The van der Waals surface area contributed by atoms with Gasteiger partial charge in [0.15, 0.2) is 6.61 Å². The molecule has 0 spiro atoms. The summed E-state index contributed by atoms with van der Waals surface area (Å²) < 4.78 is 4.88. The minimum Gasteiger partial charge on any atom is -0.453 e. The second-order valence-corrected chi connectivity index (χ2v) is 5.10. The molecule has 2 rings (SSSR count). The van der Waals surface area contributed by atoms with E-state index in [1.807, 2.05) is 0 Å². The predicted octanol–water partition coefficient (Wildman–Crippen LogP) is 2.68. The molecule has 114 valence electrons. The van der Waals surface area contributed by atoms with Gasteiger partial charge in [-0.2, -0.15) is 0 Å². The van der Waals surface area contributed by atoms with Crippen LogP contribution in [0.1, 0.15) is 20.8 Å². The number of aromatic nitrogens is 1. The molecule has 2 aromatic rings. The van der Waals surface area contributed by atoms with E-state index in [0.717, 1.165) is 0 Å². The number of carbonyl (C=O) groups excluding carboxylic acids is 2. The van der Waals surface area contributed by atoms with Crippen molar-refractivity contribution in [2.24, 2.45) is 0 Å². The Morgan fingerprint density at radius 1 is 1.36 bits per heavy atom. The number of hydrogen-bond donors (Lipinski definition) is 1. The van der Waals surface area contributed by atoms with Crippen molar-refractivity contribution < 1.29 is 19.2 Å². The second kappa shape index (κ2) is 6.90. The minimum atomic E-state index is -0.900. The number of H-pyrrole nitrogens is 1. The molecule has 1 aromatic heterocycles. The van der Waals surface area contributed by atoms with Gasteiger partial charge in [-0.25, -0.2) is 4.79 Å². The molecule has 0 saturated carbocycles. The van der Waals surface area contributed by atoms with E-state index in [-0.39, 0.29) is 11.3 Å². The van der Waals surface area contributed by atoms with Gasteiger partial charge in [0.25, 0.3) is 5.69 Å². The van der Waals surface area contributed by atoms with Gasteiger partial charge in [0.2, 0.25) is 5.78 Å². The van der Waals surface area contributed by atoms with E-state index >= 15 is 0 Å². The Labute approximate surface area is 129 Å². The molecule has 1 aromatic carbocycles. The number of Topliss-reactive ketones (excluding diaryl/α,β-unsaturated/α-hetero) is 1. The van der Waals surface area contributed by atoms with E-state index in [1.165, 1.54) is 23.9 Å². The molecule has 0 fully saturated rings. The largest absolute Gasteiger partial charge is 0.453 e. The van der Waals surface area contributed by atoms with Crippen LogP contribution in [0.4, 0.5) is 5.69 Å². The number of nitrogens with zero attached hydrogens (tertiary/aromatic N) is 1. The standard InChI is InChI=1S/C14H12N2O5S/c1-22-9-4-5-12(16(19)20)10(7-9)14(18)21-8-13(17)11-3-2-6-15-11/h2-7,15H,8H2,1H3. The summed E-state index contributed by atoms with van der Waals surface area (Å²) in [6.07, 6.45) is 3.35. The molecule has 0 radical (unpaired) electrons. The van der Waals surface area contributed by atoms with Gasteiger partial charge in [-0.05, 0) is 30.5 Å². The maximum Gasteiger partial charge on any atom is 0.345 e. The average Bonchev–Trinajstić information content (AvgIpc) is 3.05. The number of nitro groups is 1. The molecule has 7 nitrogen and oxygen atoms in total. The molecule has 0 saturated heterocycles. The maximum absolute atomic E-state index is 12.0. The quantitative estimate of drug-likeness (QED) is 0.289. The van der Waals surface area contributed by atoms with Gasteiger partial charge in [-0.3, -0.25) is 14.9 Å². The fourth-order valence-electron chi connectivity index (χ4n) is 1.76. The maximum atomic E-state index is 12.0. The van der Waals surface area contributed by atoms with Crippen LogP contribution < -0.4 is 0 Å². The Balaban J connectivity index is 2.14. The number of thioether (sulfide) groups is 1. The van der Waals surface area contributed by atoms with E-state index in [0.29, 0.717) is 10.6 Å². The van der Waals surface area contributed by atoms with Gasteiger partial charge in [0.05, 0.1) is 10.6 Å². The van der Waals surface area contributed by atoms with Crippen LogP contribution in [0.2, 0.25) is 0 Å². The normalized spacial score (nSPS) is 10.2. The number of aromatic amines is 1. The fourth-order valence-corrected chi connectivity index (χ4v) is 2.20. The van der Waals surface area contributed by atoms with Crippen molar-refractivity contribution in [1.29, 1.82) is 0 Å². The van der Waals surface area contributed by atoms with E-state index in [9.17, 15) is 19.7 Å². The third kappa shape index (κ3) is 3.53. The van der Waals surface area contributed by atoms with Crippen molar-refractivity contribution in [3.8, 4) is 0 Å². The van der Waals surface area contributed by atoms with Gasteiger partial charge in [-0.1, -0.05) is 0 Å². The van der Waals surface area contributed by atoms with Gasteiger partial charge in [0.1, 0.15) is 5.56 Å². The van der Waals surface area contributed by atoms with Crippen molar-refractivity contribution in [1.82, 2.24) is 4.98 Å². The average molecular weight is 320 g/mol. The lowest BCUT2D eigenvalue weighted by Crippen LogP contribution is -2.15. The minimum absolute atomic E-state index is 0.170. The Bertz CT molecular complexity index is 712. The van der Waals surface area contributed by atoms with Crippen molar-refractivity contribution in [2.75, 3.05) is 12.9 Å². The van der Waals surface area contributed by atoms with Crippen LogP contribution >= 0.6 is 11.8 Å². The van der Waals surface area contributed by atoms with E-state index in [4.69, 9.17) is 4.74 Å². The zero-order valence-corrected chi connectivity index (χ0v) is 12.4. The summed E-state index contributed by atoms with van der Waals surface area (Å²) in [6.45, 7) is -0.486. The second-order valence-electron chi connectivity index (χ2n) is 4.22. The molecule has 0 bridgehead atoms. The number of ether oxygens (including phenoxy) is 1. The number of nitrogens with one attached hydrogen (secondary N) is 1. The topological polar surface area (TPSA) is 102 Å². The summed E-state index contributed by atoms with van der Waals surface area (Å²) in [4.78, 5) is 37.4. The molecule has 1 heterocycles. The van der Waals surface area contributed by atoms with Crippen LogP contribution in [0, 0.1) is 10.1 Å². The third-order valence-electron chi connectivity index (χ3n) is 2.85. The van der Waals surface area contributed by atoms with E-state index in [1.54, 1.807) is 30.7 Å². The van der Waals surface area contributed by atoms with Gasteiger partial charge >= 0.3 is 5.97 Å². The Kier molecular flexibility index (Phi) is 4.95. The summed E-state index contributed by atoms with van der Waals surface area (Å²) >= 11 is 1.34. The highest BCUT2D eigenvalue weighted by atomic mass is 32.2. The molecule has 0 aliphatic rings. The van der Waals surface area contributed by atoms with Crippen molar-refractivity contribution in [3.05, 3.63) is 57.9 Å². The van der Waals surface area contributed by atoms with Gasteiger partial charge in [0, 0.05) is 17.2 Å². The van der Waals surface area contributed by atoms with Crippen LogP contribution in [0.25, 0.3) is 0 Å². The van der Waals surface area contributed by atoms with Crippen LogP contribution in [-0.2, 0) is 4.74 Å². The van der Waals surface area contributed by atoms with Crippen LogP contribution in [0.5, 0.6) is 0 Å². The first-order chi connectivity index (χ1) is 10.5. The van der Waals surface area contributed by atoms with Gasteiger partial charge in [-0.15, -0.1) is 11.8 Å². The zero-order chi connectivity index (χ0) is 16.1. The Morgan fingerprint density at radius 3 is 2.73 bits per heavy atom. The Hall–Kier alpha value is -2.61. The summed E-state index contributed by atoms with van der Waals surface area (Å²) in [6, 6.07) is 7.36. The van der Waals surface area contributed by atoms with Crippen LogP contribution in [0.15, 0.2) is 41.4 Å². The van der Waals surface area contributed by atoms with Gasteiger partial charge < -0.3 is 9.72 Å². The number of esters is 1. The lowest BCUT2D eigenvalue weighted by molar-refractivity contribution is -0.385. The lowest BCUT2D eigenvalue weighted by atomic mass is 10.2. The number of benzene rings is 1. The van der Waals surface area contributed by atoms with Crippen molar-refractivity contribution >= 4 is 29.2 Å². The van der Waals surface area contributed by atoms with Crippen molar-refractivity contribution in [3.63, 3.8) is 0 Å². The summed E-state index contributed by atoms with van der Waals surface area (Å²) in [5.74, 6) is -1.32. The fraction of sp³-hybridized carbons (Fsp3) is 0.143. The van der Waals surface area contributed by atoms with Crippen molar-refractivity contribution in [2.45, 2.75) is 4.90 Å². The molecular formula is C14H12N2O5S. The molecule has 0 unspecified atom stereocenters. The molecule has 0 atom stereocenters. The number of ketones is 1. The molecule has 22 heavy (non-hydrogen) atoms. The first-order valence-electron chi connectivity index (χ1n) is 6.19. The SMILES string of the molecule is CSc1ccc([N+](=O)[O-])c(C(=O)OCC(=O)c2ccc[nH]2)c1. The molecule has 0 aliphatic carbocycles. The number of rotatable bonds is 6. The van der Waals surface area contributed by atoms with Crippen LogP contribution in [-0.4, -0.2) is 34.5 Å². The molecule has 0 amide bonds. The zero-order valence-electron chi connectivity index (χ0n) is 11.6. The molecular weight excluding hydrogens is 308 g/mol. The number of nitro benzene ring substituents is 1. The van der Waals surface area contributed by atoms with Crippen LogP contribution in [0.3, 0.4) is 0 Å². The predicted molar refractivity (Wildman–Crippen MR) is 80.3 cm³/mol. The number of hydrogen-bond acceptors (Lipinski definition) is 6. The molecule has 8 heteroatoms. The van der Waals surface area contributed by atoms with E-state index in [2.05, 4.69) is 4.98 Å². The smallest absolute Gasteiger partial charge is 0.345 e.